The predicted octanol–water partition coefficient (Wildman–Crippen LogP) is 8.62. The van der Waals surface area contributed by atoms with Crippen molar-refractivity contribution in [2.45, 2.75) is 88.5 Å². The first-order valence-corrected chi connectivity index (χ1v) is 11.2. The largest absolute Gasteiger partial charge is 0.0761 e. The number of hydrogen-bond donors (Lipinski definition) is 0. The third-order valence-electron chi connectivity index (χ3n) is 7.17. The summed E-state index contributed by atoms with van der Waals surface area (Å²) < 4.78 is 0. The normalized spacial score (nSPS) is 15.7. The molecule has 0 nitrogen and oxygen atoms in total. The highest BCUT2D eigenvalue weighted by Crippen LogP contribution is 2.39. The molecule has 0 N–H and O–H groups in total. The van der Waals surface area contributed by atoms with Gasteiger partial charge in [0.15, 0.2) is 0 Å². The Hall–Kier alpha value is -2.08. The number of aryl methyl sites for hydroxylation is 2. The Kier molecular flexibility index (Phi) is 7.33. The molecule has 0 aromatic heterocycles. The molecule has 0 radical (unpaired) electrons. The Morgan fingerprint density at radius 1 is 0.621 bits per heavy atom. The van der Waals surface area contributed by atoms with Crippen molar-refractivity contribution >= 4 is 5.57 Å². The summed E-state index contributed by atoms with van der Waals surface area (Å²) >= 11 is 0. The van der Waals surface area contributed by atoms with Crippen LogP contribution in [0.5, 0.6) is 0 Å². The van der Waals surface area contributed by atoms with Crippen molar-refractivity contribution in [3.63, 3.8) is 0 Å². The van der Waals surface area contributed by atoms with Gasteiger partial charge < -0.3 is 0 Å². The third kappa shape index (κ3) is 4.13. The van der Waals surface area contributed by atoms with Crippen LogP contribution in [0, 0.1) is 62.3 Å². The van der Waals surface area contributed by atoms with E-state index in [-0.39, 0.29) is 0 Å². The van der Waals surface area contributed by atoms with Gasteiger partial charge in [0.2, 0.25) is 0 Å². The smallest absolute Gasteiger partial charge is 0.00615 e. The highest BCUT2D eigenvalue weighted by Gasteiger charge is 2.21. The van der Waals surface area contributed by atoms with Crippen LogP contribution in [0.1, 0.15) is 87.4 Å². The van der Waals surface area contributed by atoms with Crippen molar-refractivity contribution in [3.05, 3.63) is 85.5 Å². The highest BCUT2D eigenvalue weighted by molar-refractivity contribution is 5.80. The number of hydrogen-bond acceptors (Lipinski definition) is 0. The minimum absolute atomic E-state index is 0.485. The minimum Gasteiger partial charge on any atom is -0.0761 e. The van der Waals surface area contributed by atoms with Crippen molar-refractivity contribution in [2.24, 2.45) is 0 Å². The van der Waals surface area contributed by atoms with Gasteiger partial charge >= 0.3 is 0 Å². The van der Waals surface area contributed by atoms with Crippen LogP contribution in [0.25, 0.3) is 5.57 Å². The van der Waals surface area contributed by atoms with E-state index in [1.165, 1.54) is 66.8 Å². The van der Waals surface area contributed by atoms with E-state index in [0.717, 1.165) is 6.42 Å². The van der Waals surface area contributed by atoms with Crippen molar-refractivity contribution in [3.8, 4) is 0 Å². The van der Waals surface area contributed by atoms with E-state index in [2.05, 4.69) is 86.6 Å². The second-order valence-corrected chi connectivity index (χ2v) is 8.53. The lowest BCUT2D eigenvalue weighted by atomic mass is 9.79. The summed E-state index contributed by atoms with van der Waals surface area (Å²) in [6.45, 7) is 24.4. The van der Waals surface area contributed by atoms with Crippen LogP contribution >= 0.6 is 0 Å². The molecule has 156 valence electrons. The maximum absolute atomic E-state index is 2.46. The van der Waals surface area contributed by atoms with E-state index in [4.69, 9.17) is 0 Å². The standard InChI is InChI=1S/C27H34.C2H6/c1-15-14-16(2)26(21(7)17(15)3)24-10-12-25(13-11-24)27-22(8)19(5)18(4)20(6)23(27)9;1-2/h10-12,14,25H,13H2,1-9H3;1-2H3. The van der Waals surface area contributed by atoms with Crippen LogP contribution in [0.15, 0.2) is 24.3 Å². The Balaban J connectivity index is 0.00000145. The van der Waals surface area contributed by atoms with Gasteiger partial charge in [-0.15, -0.1) is 0 Å². The zero-order chi connectivity index (χ0) is 22.0. The van der Waals surface area contributed by atoms with Gasteiger partial charge in [-0.2, -0.15) is 0 Å². The first-order chi connectivity index (χ1) is 13.6. The molecular formula is C29H40. The Labute approximate surface area is 179 Å². The topological polar surface area (TPSA) is 0 Å². The molecule has 0 saturated heterocycles. The monoisotopic (exact) mass is 388 g/mol. The third-order valence-corrected chi connectivity index (χ3v) is 7.17. The summed E-state index contributed by atoms with van der Waals surface area (Å²) in [6.07, 6.45) is 8.34. The van der Waals surface area contributed by atoms with Crippen molar-refractivity contribution in [1.29, 1.82) is 0 Å². The average Bonchev–Trinajstić information content (AvgIpc) is 2.72. The van der Waals surface area contributed by atoms with E-state index in [1.54, 1.807) is 0 Å². The molecule has 0 fully saturated rings. The molecule has 29 heavy (non-hydrogen) atoms. The fourth-order valence-corrected chi connectivity index (χ4v) is 4.83. The second kappa shape index (κ2) is 9.16. The lowest BCUT2D eigenvalue weighted by molar-refractivity contribution is 0.831. The molecular weight excluding hydrogens is 348 g/mol. The van der Waals surface area contributed by atoms with Crippen molar-refractivity contribution in [2.75, 3.05) is 0 Å². The van der Waals surface area contributed by atoms with Gasteiger partial charge in [-0.25, -0.2) is 0 Å². The van der Waals surface area contributed by atoms with Gasteiger partial charge in [0.05, 0.1) is 0 Å². The molecule has 1 atom stereocenters. The summed E-state index contributed by atoms with van der Waals surface area (Å²) in [4.78, 5) is 0. The molecule has 1 aliphatic carbocycles. The molecule has 0 aliphatic heterocycles. The molecule has 2 aromatic rings. The Bertz CT molecular complexity index is 951. The fourth-order valence-electron chi connectivity index (χ4n) is 4.83. The first kappa shape index (κ1) is 23.2. The van der Waals surface area contributed by atoms with E-state index < -0.39 is 0 Å². The quantitative estimate of drug-likeness (QED) is 0.483. The van der Waals surface area contributed by atoms with Gasteiger partial charge in [0, 0.05) is 5.92 Å². The highest BCUT2D eigenvalue weighted by atomic mass is 14.3. The number of benzene rings is 2. The van der Waals surface area contributed by atoms with Gasteiger partial charge in [0.25, 0.3) is 0 Å². The SMILES string of the molecule is CC.Cc1cc(C)c(C2=CCC(c3c(C)c(C)c(C)c(C)c3C)C=C2)c(C)c1C. The molecule has 0 amide bonds. The minimum atomic E-state index is 0.485. The van der Waals surface area contributed by atoms with Crippen LogP contribution in [-0.2, 0) is 0 Å². The van der Waals surface area contributed by atoms with Crippen LogP contribution in [0.4, 0.5) is 0 Å². The van der Waals surface area contributed by atoms with Crippen molar-refractivity contribution in [1.82, 2.24) is 0 Å². The van der Waals surface area contributed by atoms with E-state index in [9.17, 15) is 0 Å². The van der Waals surface area contributed by atoms with Gasteiger partial charge in [-0.1, -0.05) is 38.1 Å². The molecule has 0 saturated carbocycles. The molecule has 1 unspecified atom stereocenters. The summed E-state index contributed by atoms with van der Waals surface area (Å²) in [5.74, 6) is 0.485. The molecule has 3 rings (SSSR count). The maximum atomic E-state index is 2.46. The Morgan fingerprint density at radius 3 is 1.62 bits per heavy atom. The van der Waals surface area contributed by atoms with Gasteiger partial charge in [-0.05, 0) is 136 Å². The van der Waals surface area contributed by atoms with Gasteiger partial charge in [-0.3, -0.25) is 0 Å². The van der Waals surface area contributed by atoms with E-state index >= 15 is 0 Å². The number of rotatable bonds is 2. The first-order valence-electron chi connectivity index (χ1n) is 11.2. The summed E-state index contributed by atoms with van der Waals surface area (Å²) in [6, 6.07) is 2.33. The molecule has 2 aromatic carbocycles. The zero-order valence-corrected chi connectivity index (χ0v) is 20.6. The summed E-state index contributed by atoms with van der Waals surface area (Å²) in [5, 5.41) is 0. The number of allylic oxidation sites excluding steroid dienone is 4. The van der Waals surface area contributed by atoms with Crippen LogP contribution in [-0.4, -0.2) is 0 Å². The summed E-state index contributed by atoms with van der Waals surface area (Å²) in [5.41, 5.74) is 17.3. The van der Waals surface area contributed by atoms with Crippen LogP contribution < -0.4 is 0 Å². The van der Waals surface area contributed by atoms with Crippen molar-refractivity contribution < 1.29 is 0 Å². The lowest BCUT2D eigenvalue weighted by Crippen LogP contribution is -2.09. The van der Waals surface area contributed by atoms with E-state index in [0.29, 0.717) is 5.92 Å². The maximum Gasteiger partial charge on any atom is 0.00615 e. The van der Waals surface area contributed by atoms with Gasteiger partial charge in [0.1, 0.15) is 0 Å². The summed E-state index contributed by atoms with van der Waals surface area (Å²) in [7, 11) is 0. The van der Waals surface area contributed by atoms with E-state index in [1.807, 2.05) is 13.8 Å². The zero-order valence-electron chi connectivity index (χ0n) is 20.6. The molecule has 0 heteroatoms. The average molecular weight is 389 g/mol. The lowest BCUT2D eigenvalue weighted by Gasteiger charge is -2.26. The molecule has 0 bridgehead atoms. The fraction of sp³-hybridized carbons (Fsp3) is 0.448. The van der Waals surface area contributed by atoms with Crippen LogP contribution in [0.3, 0.4) is 0 Å². The Morgan fingerprint density at radius 2 is 1.14 bits per heavy atom. The predicted molar refractivity (Wildman–Crippen MR) is 131 cm³/mol. The molecule has 0 heterocycles. The van der Waals surface area contributed by atoms with Crippen LogP contribution in [0.2, 0.25) is 0 Å². The second-order valence-electron chi connectivity index (χ2n) is 8.53. The molecule has 0 spiro atoms. The molecule has 1 aliphatic rings.